The molecule has 0 spiro atoms. The smallest absolute Gasteiger partial charge is 0.346 e. The van der Waals surface area contributed by atoms with Crippen LogP contribution in [0.2, 0.25) is 0 Å². The molecule has 1 fully saturated rings. The summed E-state index contributed by atoms with van der Waals surface area (Å²) in [5.74, 6) is -1.24. The third-order valence-corrected chi connectivity index (χ3v) is 9.06. The molecule has 1 aromatic carbocycles. The van der Waals surface area contributed by atoms with E-state index in [2.05, 4.69) is 14.9 Å². The van der Waals surface area contributed by atoms with E-state index in [-0.39, 0.29) is 41.9 Å². The first-order valence-corrected chi connectivity index (χ1v) is 14.3. The molecule has 0 atom stereocenters. The number of rotatable bonds is 8. The summed E-state index contributed by atoms with van der Waals surface area (Å²) in [5, 5.41) is 3.74. The first kappa shape index (κ1) is 27.2. The van der Waals surface area contributed by atoms with Crippen LogP contribution in [0.15, 0.2) is 47.5 Å². The van der Waals surface area contributed by atoms with Crippen LogP contribution in [0.3, 0.4) is 0 Å². The minimum atomic E-state index is -4.10. The zero-order chi connectivity index (χ0) is 26.8. The summed E-state index contributed by atoms with van der Waals surface area (Å²) < 4.78 is 65.1. The molecule has 1 aliphatic carbocycles. The summed E-state index contributed by atoms with van der Waals surface area (Å²) >= 11 is 0. The summed E-state index contributed by atoms with van der Waals surface area (Å²) in [4.78, 5) is 17.1. The van der Waals surface area contributed by atoms with E-state index in [0.717, 1.165) is 29.6 Å². The lowest BCUT2D eigenvalue weighted by Crippen LogP contribution is -2.28. The molecule has 1 amide bonds. The number of carbonyl (C=O) groups excluding carboxylic acids is 1. The Morgan fingerprint density at radius 1 is 1.08 bits per heavy atom. The fourth-order valence-electron chi connectivity index (χ4n) is 5.14. The highest BCUT2D eigenvalue weighted by molar-refractivity contribution is 7.91. The summed E-state index contributed by atoms with van der Waals surface area (Å²) in [6, 6.07) is 10.6. The second kappa shape index (κ2) is 10.8. The number of halogens is 3. The minimum absolute atomic E-state index is 0.00606. The highest BCUT2D eigenvalue weighted by Gasteiger charge is 2.41. The van der Waals surface area contributed by atoms with Gasteiger partial charge in [0.1, 0.15) is 0 Å². The number of amides is 1. The molecule has 0 bridgehead atoms. The molecule has 1 N–H and O–H groups in total. The SMILES string of the molecule is CCn1c(CC2CCC(C(F)(F)F)CC2)cc2cc(C(=O)NCc3ccc(S(=O)(=O)CC)cn3)ccc21. The molecule has 2 heterocycles. The summed E-state index contributed by atoms with van der Waals surface area (Å²) in [6.07, 6.45) is -0.547. The molecule has 0 saturated heterocycles. The van der Waals surface area contributed by atoms with Crippen molar-refractivity contribution in [1.29, 1.82) is 0 Å². The molecule has 0 radical (unpaired) electrons. The lowest BCUT2D eigenvalue weighted by Gasteiger charge is -2.30. The number of pyridine rings is 1. The van der Waals surface area contributed by atoms with Gasteiger partial charge < -0.3 is 9.88 Å². The van der Waals surface area contributed by atoms with E-state index >= 15 is 0 Å². The van der Waals surface area contributed by atoms with Crippen LogP contribution in [0, 0.1) is 11.8 Å². The number of fused-ring (bicyclic) bond motifs is 1. The topological polar surface area (TPSA) is 81.1 Å². The molecular weight excluding hydrogens is 503 g/mol. The molecule has 4 rings (SSSR count). The van der Waals surface area contributed by atoms with E-state index in [0.29, 0.717) is 24.1 Å². The van der Waals surface area contributed by atoms with Crippen LogP contribution >= 0.6 is 0 Å². The van der Waals surface area contributed by atoms with Crippen molar-refractivity contribution in [2.24, 2.45) is 11.8 Å². The van der Waals surface area contributed by atoms with Crippen LogP contribution in [-0.4, -0.2) is 35.8 Å². The van der Waals surface area contributed by atoms with Crippen molar-refractivity contribution in [2.75, 3.05) is 5.75 Å². The number of carbonyl (C=O) groups is 1. The van der Waals surface area contributed by atoms with Gasteiger partial charge in [-0.15, -0.1) is 0 Å². The number of aryl methyl sites for hydroxylation is 1. The highest BCUT2D eigenvalue weighted by atomic mass is 32.2. The number of hydrogen-bond donors (Lipinski definition) is 1. The lowest BCUT2D eigenvalue weighted by molar-refractivity contribution is -0.183. The lowest BCUT2D eigenvalue weighted by atomic mass is 9.79. The number of benzene rings is 1. The standard InChI is InChI=1S/C27H32F3N3O3S/c1-3-33-23(13-18-5-8-21(9-6-18)27(28,29)30)15-20-14-19(7-12-25(20)33)26(34)32-16-22-10-11-24(17-31-22)37(35,36)4-2/h7,10-12,14-15,17-18,21H,3-6,8-9,13,16H2,1-2H3,(H,32,34). The first-order chi connectivity index (χ1) is 17.5. The molecule has 2 aromatic heterocycles. The molecule has 37 heavy (non-hydrogen) atoms. The van der Waals surface area contributed by atoms with E-state index in [1.54, 1.807) is 19.1 Å². The van der Waals surface area contributed by atoms with E-state index in [4.69, 9.17) is 0 Å². The van der Waals surface area contributed by atoms with E-state index in [1.165, 1.54) is 12.3 Å². The molecular formula is C27H32F3N3O3S. The summed E-state index contributed by atoms with van der Waals surface area (Å²) in [7, 11) is -3.33. The Morgan fingerprint density at radius 2 is 1.81 bits per heavy atom. The summed E-state index contributed by atoms with van der Waals surface area (Å²) in [6.45, 7) is 4.50. The van der Waals surface area contributed by atoms with Crippen LogP contribution < -0.4 is 5.32 Å². The van der Waals surface area contributed by atoms with E-state index < -0.39 is 21.9 Å². The normalized spacial score (nSPS) is 18.7. The fraction of sp³-hybridized carbons (Fsp3) is 0.481. The second-order valence-electron chi connectivity index (χ2n) is 9.69. The van der Waals surface area contributed by atoms with Gasteiger partial charge in [-0.05, 0) is 81.3 Å². The Morgan fingerprint density at radius 3 is 2.41 bits per heavy atom. The van der Waals surface area contributed by atoms with Gasteiger partial charge in [0, 0.05) is 34.9 Å². The largest absolute Gasteiger partial charge is 0.391 e. The van der Waals surface area contributed by atoms with Crippen molar-refractivity contribution in [3.63, 3.8) is 0 Å². The Labute approximate surface area is 215 Å². The van der Waals surface area contributed by atoms with Gasteiger partial charge in [0.25, 0.3) is 5.91 Å². The van der Waals surface area contributed by atoms with Crippen LogP contribution in [0.4, 0.5) is 13.2 Å². The number of sulfone groups is 1. The number of nitrogens with one attached hydrogen (secondary N) is 1. The van der Waals surface area contributed by atoms with Crippen LogP contribution in [0.25, 0.3) is 10.9 Å². The van der Waals surface area contributed by atoms with Gasteiger partial charge in [-0.3, -0.25) is 9.78 Å². The van der Waals surface area contributed by atoms with Gasteiger partial charge >= 0.3 is 6.18 Å². The maximum Gasteiger partial charge on any atom is 0.391 e. The molecule has 3 aromatic rings. The predicted molar refractivity (Wildman–Crippen MR) is 136 cm³/mol. The Bertz CT molecular complexity index is 1360. The van der Waals surface area contributed by atoms with E-state index in [1.807, 2.05) is 25.1 Å². The number of nitrogens with zero attached hydrogens (tertiary/aromatic N) is 2. The van der Waals surface area contributed by atoms with Gasteiger partial charge in [-0.2, -0.15) is 13.2 Å². The maximum atomic E-state index is 13.0. The van der Waals surface area contributed by atoms with Gasteiger partial charge in [0.15, 0.2) is 9.84 Å². The molecule has 1 aliphatic rings. The van der Waals surface area contributed by atoms with Crippen LogP contribution in [-0.2, 0) is 29.3 Å². The van der Waals surface area contributed by atoms with Crippen molar-refractivity contribution in [2.45, 2.75) is 70.1 Å². The molecule has 6 nitrogen and oxygen atoms in total. The molecule has 10 heteroatoms. The predicted octanol–water partition coefficient (Wildman–Crippen LogP) is 5.69. The maximum absolute atomic E-state index is 13.0. The average Bonchev–Trinajstić information content (AvgIpc) is 3.23. The Hall–Kier alpha value is -2.88. The Balaban J connectivity index is 1.42. The first-order valence-electron chi connectivity index (χ1n) is 12.7. The zero-order valence-electron chi connectivity index (χ0n) is 21.0. The monoisotopic (exact) mass is 535 g/mol. The highest BCUT2D eigenvalue weighted by Crippen LogP contribution is 2.40. The minimum Gasteiger partial charge on any atom is -0.346 e. The van der Waals surface area contributed by atoms with Crippen molar-refractivity contribution in [3.8, 4) is 0 Å². The zero-order valence-corrected chi connectivity index (χ0v) is 21.8. The van der Waals surface area contributed by atoms with Gasteiger partial charge in [-0.1, -0.05) is 6.92 Å². The van der Waals surface area contributed by atoms with Gasteiger partial charge in [-0.25, -0.2) is 8.42 Å². The third-order valence-electron chi connectivity index (χ3n) is 7.34. The van der Waals surface area contributed by atoms with Crippen molar-refractivity contribution in [3.05, 3.63) is 59.5 Å². The van der Waals surface area contributed by atoms with Gasteiger partial charge in [0.2, 0.25) is 0 Å². The van der Waals surface area contributed by atoms with Crippen molar-refractivity contribution < 1.29 is 26.4 Å². The second-order valence-corrected chi connectivity index (χ2v) is 12.0. The molecule has 0 unspecified atom stereocenters. The number of alkyl halides is 3. The summed E-state index contributed by atoms with van der Waals surface area (Å²) in [5.41, 5.74) is 3.11. The third kappa shape index (κ3) is 6.17. The molecule has 200 valence electrons. The van der Waals surface area contributed by atoms with Crippen LogP contribution in [0.1, 0.15) is 61.3 Å². The van der Waals surface area contributed by atoms with Crippen LogP contribution in [0.5, 0.6) is 0 Å². The Kier molecular flexibility index (Phi) is 7.96. The van der Waals surface area contributed by atoms with Crippen molar-refractivity contribution in [1.82, 2.24) is 14.9 Å². The molecule has 0 aliphatic heterocycles. The fourth-order valence-corrected chi connectivity index (χ4v) is 5.96. The number of aromatic nitrogens is 2. The average molecular weight is 536 g/mol. The van der Waals surface area contributed by atoms with Gasteiger partial charge in [0.05, 0.1) is 28.8 Å². The molecule has 1 saturated carbocycles. The van der Waals surface area contributed by atoms with Crippen molar-refractivity contribution >= 4 is 26.6 Å². The quantitative estimate of drug-likeness (QED) is 0.402. The number of hydrogen-bond acceptors (Lipinski definition) is 4. The van der Waals surface area contributed by atoms with E-state index in [9.17, 15) is 26.4 Å².